The summed E-state index contributed by atoms with van der Waals surface area (Å²) in [4.78, 5) is 29.7. The minimum Gasteiger partial charge on any atom is -0.497 e. The summed E-state index contributed by atoms with van der Waals surface area (Å²) in [7, 11) is 3.32. The summed E-state index contributed by atoms with van der Waals surface area (Å²) in [6.07, 6.45) is 3.29. The number of carboxylic acid groups (broad SMARTS) is 1. The molecular formula is C19H20N4O4. The van der Waals surface area contributed by atoms with Gasteiger partial charge in [-0.25, -0.2) is 14.3 Å². The lowest BCUT2D eigenvalue weighted by atomic mass is 10.0. The first-order valence-electron chi connectivity index (χ1n) is 8.44. The zero-order valence-electron chi connectivity index (χ0n) is 15.3. The number of methoxy groups -OCH3 is 1. The van der Waals surface area contributed by atoms with Crippen LogP contribution in [0.3, 0.4) is 0 Å². The van der Waals surface area contributed by atoms with Gasteiger partial charge in [-0.05, 0) is 24.1 Å². The molecule has 1 atom stereocenters. The number of rotatable bonds is 6. The molecule has 0 spiro atoms. The molecule has 0 radical (unpaired) electrons. The molecule has 3 rings (SSSR count). The van der Waals surface area contributed by atoms with Gasteiger partial charge in [0, 0.05) is 25.5 Å². The molecule has 1 amide bonds. The second kappa shape index (κ2) is 7.45. The van der Waals surface area contributed by atoms with Crippen molar-refractivity contribution in [2.24, 2.45) is 0 Å². The van der Waals surface area contributed by atoms with E-state index in [0.717, 1.165) is 11.3 Å². The molecule has 0 aliphatic carbocycles. The number of carbonyl (C=O) groups is 2. The van der Waals surface area contributed by atoms with Crippen molar-refractivity contribution in [3.63, 3.8) is 0 Å². The van der Waals surface area contributed by atoms with E-state index in [4.69, 9.17) is 9.84 Å². The molecule has 0 fully saturated rings. The second-order valence-electron chi connectivity index (χ2n) is 6.10. The van der Waals surface area contributed by atoms with Crippen molar-refractivity contribution in [2.75, 3.05) is 14.2 Å². The highest BCUT2D eigenvalue weighted by atomic mass is 16.5. The molecule has 0 aliphatic heterocycles. The van der Waals surface area contributed by atoms with Crippen molar-refractivity contribution in [3.8, 4) is 5.75 Å². The van der Waals surface area contributed by atoms with Crippen molar-refractivity contribution in [3.05, 3.63) is 59.5 Å². The van der Waals surface area contributed by atoms with E-state index in [1.54, 1.807) is 25.1 Å². The molecular weight excluding hydrogens is 348 g/mol. The Morgan fingerprint density at radius 2 is 2.11 bits per heavy atom. The minimum absolute atomic E-state index is 0.000712. The number of hydrogen-bond acceptors (Lipinski definition) is 5. The van der Waals surface area contributed by atoms with Crippen molar-refractivity contribution in [2.45, 2.75) is 19.4 Å². The molecule has 27 heavy (non-hydrogen) atoms. The first-order valence-corrected chi connectivity index (χ1v) is 8.44. The normalized spacial score (nSPS) is 12.0. The van der Waals surface area contributed by atoms with Crippen LogP contribution in [0.4, 0.5) is 0 Å². The molecule has 1 unspecified atom stereocenters. The average Bonchev–Trinajstić information content (AvgIpc) is 3.11. The van der Waals surface area contributed by atoms with Crippen LogP contribution < -0.4 is 4.74 Å². The van der Waals surface area contributed by atoms with E-state index in [-0.39, 0.29) is 23.2 Å². The van der Waals surface area contributed by atoms with Gasteiger partial charge in [-0.2, -0.15) is 5.10 Å². The number of nitrogens with zero attached hydrogens (tertiary/aromatic N) is 4. The molecule has 0 bridgehead atoms. The second-order valence-corrected chi connectivity index (χ2v) is 6.10. The van der Waals surface area contributed by atoms with E-state index in [1.807, 2.05) is 31.2 Å². The van der Waals surface area contributed by atoms with Crippen molar-refractivity contribution in [1.82, 2.24) is 19.5 Å². The van der Waals surface area contributed by atoms with Crippen LogP contribution in [0.15, 0.2) is 42.7 Å². The van der Waals surface area contributed by atoms with Crippen LogP contribution in [0.25, 0.3) is 5.65 Å². The highest BCUT2D eigenvalue weighted by molar-refractivity contribution is 5.93. The fourth-order valence-electron chi connectivity index (χ4n) is 3.00. The maximum atomic E-state index is 12.9. The van der Waals surface area contributed by atoms with Gasteiger partial charge in [0.2, 0.25) is 0 Å². The van der Waals surface area contributed by atoms with E-state index < -0.39 is 5.97 Å². The van der Waals surface area contributed by atoms with Gasteiger partial charge in [0.15, 0.2) is 11.3 Å². The van der Waals surface area contributed by atoms with Crippen LogP contribution in [0, 0.1) is 0 Å². The third kappa shape index (κ3) is 3.59. The van der Waals surface area contributed by atoms with Crippen molar-refractivity contribution >= 4 is 17.5 Å². The number of ether oxygens (including phenoxy) is 1. The Hall–Kier alpha value is -3.42. The van der Waals surface area contributed by atoms with Gasteiger partial charge >= 0.3 is 5.97 Å². The number of carboxylic acids is 1. The van der Waals surface area contributed by atoms with Gasteiger partial charge < -0.3 is 14.7 Å². The fraction of sp³-hybridized carbons (Fsp3) is 0.263. The number of benzene rings is 1. The van der Waals surface area contributed by atoms with E-state index in [2.05, 4.69) is 10.1 Å². The van der Waals surface area contributed by atoms with Crippen LogP contribution in [-0.2, 0) is 0 Å². The fourth-order valence-corrected chi connectivity index (χ4v) is 3.00. The maximum absolute atomic E-state index is 12.9. The van der Waals surface area contributed by atoms with Gasteiger partial charge in [-0.3, -0.25) is 4.79 Å². The number of fused-ring (bicyclic) bond motifs is 1. The molecule has 0 aliphatic rings. The summed E-state index contributed by atoms with van der Waals surface area (Å²) in [5.41, 5.74) is 1.57. The quantitative estimate of drug-likeness (QED) is 0.718. The largest absolute Gasteiger partial charge is 0.497 e. The molecule has 2 aromatic heterocycles. The van der Waals surface area contributed by atoms with E-state index in [9.17, 15) is 9.59 Å². The first-order chi connectivity index (χ1) is 12.9. The summed E-state index contributed by atoms with van der Waals surface area (Å²) in [5.74, 6) is -0.647. The number of aromatic carboxylic acids is 1. The minimum atomic E-state index is -1.10. The first kappa shape index (κ1) is 18.4. The molecule has 140 valence electrons. The summed E-state index contributed by atoms with van der Waals surface area (Å²) >= 11 is 0. The molecule has 1 aromatic carbocycles. The topological polar surface area (TPSA) is 97.0 Å². The van der Waals surface area contributed by atoms with Gasteiger partial charge in [-0.15, -0.1) is 0 Å². The van der Waals surface area contributed by atoms with E-state index >= 15 is 0 Å². The molecule has 0 saturated carbocycles. The highest BCUT2D eigenvalue weighted by Gasteiger charge is 2.24. The SMILES string of the molecule is CCC(c1cccc(OC)c1)N(C)C(=O)c1cc2ncc(C(=O)O)cn2n1. The Bertz CT molecular complexity index is 998. The number of hydrogen-bond donors (Lipinski definition) is 1. The Labute approximate surface area is 156 Å². The number of amides is 1. The van der Waals surface area contributed by atoms with Gasteiger partial charge in [0.05, 0.1) is 18.7 Å². The lowest BCUT2D eigenvalue weighted by Gasteiger charge is -2.27. The molecule has 0 saturated heterocycles. The predicted molar refractivity (Wildman–Crippen MR) is 98.1 cm³/mol. The van der Waals surface area contributed by atoms with Crippen LogP contribution in [0.2, 0.25) is 0 Å². The number of aromatic nitrogens is 3. The van der Waals surface area contributed by atoms with Crippen LogP contribution in [0.5, 0.6) is 5.75 Å². The summed E-state index contributed by atoms with van der Waals surface area (Å²) < 4.78 is 6.57. The van der Waals surface area contributed by atoms with Gasteiger partial charge in [0.25, 0.3) is 5.91 Å². The monoisotopic (exact) mass is 368 g/mol. The lowest BCUT2D eigenvalue weighted by molar-refractivity contribution is 0.0694. The molecule has 8 heteroatoms. The molecule has 3 aromatic rings. The van der Waals surface area contributed by atoms with E-state index in [0.29, 0.717) is 12.1 Å². The Kier molecular flexibility index (Phi) is 5.07. The van der Waals surface area contributed by atoms with Gasteiger partial charge in [-0.1, -0.05) is 19.1 Å². The highest BCUT2D eigenvalue weighted by Crippen LogP contribution is 2.27. The van der Waals surface area contributed by atoms with Crippen LogP contribution in [-0.4, -0.2) is 50.6 Å². The van der Waals surface area contributed by atoms with Gasteiger partial charge in [0.1, 0.15) is 5.75 Å². The smallest absolute Gasteiger partial charge is 0.338 e. The molecule has 8 nitrogen and oxygen atoms in total. The maximum Gasteiger partial charge on any atom is 0.338 e. The summed E-state index contributed by atoms with van der Waals surface area (Å²) in [6, 6.07) is 8.99. The lowest BCUT2D eigenvalue weighted by Crippen LogP contribution is -2.31. The van der Waals surface area contributed by atoms with Crippen LogP contribution in [0.1, 0.15) is 45.8 Å². The summed E-state index contributed by atoms with van der Waals surface area (Å²) in [5, 5.41) is 13.3. The van der Waals surface area contributed by atoms with E-state index in [1.165, 1.54) is 16.9 Å². The standard InChI is InChI=1S/C19H20N4O4/c1-4-16(12-6-5-7-14(8-12)27-3)22(2)18(24)15-9-17-20-10-13(19(25)26)11-23(17)21-15/h5-11,16H,4H2,1-3H3,(H,25,26). The van der Waals surface area contributed by atoms with Crippen molar-refractivity contribution in [1.29, 1.82) is 0 Å². The average molecular weight is 368 g/mol. The van der Waals surface area contributed by atoms with Crippen molar-refractivity contribution < 1.29 is 19.4 Å². The third-order valence-electron chi connectivity index (χ3n) is 4.43. The third-order valence-corrected chi connectivity index (χ3v) is 4.43. The Morgan fingerprint density at radius 1 is 1.33 bits per heavy atom. The Morgan fingerprint density at radius 3 is 2.78 bits per heavy atom. The summed E-state index contributed by atoms with van der Waals surface area (Å²) in [6.45, 7) is 2.00. The molecule has 1 N–H and O–H groups in total. The Balaban J connectivity index is 1.91. The zero-order valence-corrected chi connectivity index (χ0v) is 15.3. The van der Waals surface area contributed by atoms with Crippen LogP contribution >= 0.6 is 0 Å². The molecule has 2 heterocycles. The number of carbonyl (C=O) groups excluding carboxylic acids is 1. The zero-order chi connectivity index (χ0) is 19.6. The predicted octanol–water partition coefficient (Wildman–Crippen LogP) is 2.66.